The van der Waals surface area contributed by atoms with E-state index in [2.05, 4.69) is 98.0 Å². The van der Waals surface area contributed by atoms with Gasteiger partial charge >= 0.3 is 0 Å². The minimum atomic E-state index is -2.84. The van der Waals surface area contributed by atoms with Crippen molar-refractivity contribution in [2.75, 3.05) is 47.9 Å². The molecular weight excluding hydrogens is 737 g/mol. The van der Waals surface area contributed by atoms with E-state index in [9.17, 15) is 5.26 Å². The van der Waals surface area contributed by atoms with Crippen LogP contribution in [0.5, 0.6) is 23.0 Å². The lowest BCUT2D eigenvalue weighted by Gasteiger charge is -2.43. The average Bonchev–Trinajstić information content (AvgIpc) is 3.09. The molecule has 0 amide bonds. The number of benzene rings is 4. The smallest absolute Gasteiger partial charge is 0.261 e. The second kappa shape index (κ2) is 17.7. The quantitative estimate of drug-likeness (QED) is 0.0497. The van der Waals surface area contributed by atoms with Gasteiger partial charge in [0.1, 0.15) is 29.1 Å². The molecule has 0 radical (unpaired) electrons. The van der Waals surface area contributed by atoms with Gasteiger partial charge in [0.25, 0.3) is 8.32 Å². The fourth-order valence-corrected chi connectivity index (χ4v) is 11.0. The number of rotatable bonds is 17. The van der Waals surface area contributed by atoms with Gasteiger partial charge in [0.05, 0.1) is 37.6 Å². The zero-order valence-electron chi connectivity index (χ0n) is 28.5. The Morgan fingerprint density at radius 2 is 1.27 bits per heavy atom. The number of ether oxygens (including phenoxy) is 6. The highest BCUT2D eigenvalue weighted by Crippen LogP contribution is 2.40. The number of nitriles is 1. The van der Waals surface area contributed by atoms with Crippen molar-refractivity contribution in [2.24, 2.45) is 0 Å². The van der Waals surface area contributed by atoms with Gasteiger partial charge in [0.15, 0.2) is 13.4 Å². The molecule has 0 aliphatic rings. The minimum Gasteiger partial charge on any atom is -0.496 e. The summed E-state index contributed by atoms with van der Waals surface area (Å²) in [7, 11) is 2.08. The first-order valence-corrected chi connectivity index (χ1v) is 18.7. The molecule has 0 spiro atoms. The number of nitrogens with zero attached hydrogens (tertiary/aromatic N) is 1. The molecule has 0 saturated heterocycles. The van der Waals surface area contributed by atoms with Gasteiger partial charge in [-0.2, -0.15) is 5.26 Å². The van der Waals surface area contributed by atoms with Crippen LogP contribution in [0.2, 0.25) is 5.04 Å². The summed E-state index contributed by atoms with van der Waals surface area (Å²) >= 11 is 2.20. The molecule has 0 N–H and O–H groups in total. The first-order valence-electron chi connectivity index (χ1n) is 15.7. The molecule has 8 nitrogen and oxygen atoms in total. The molecule has 4 aromatic carbocycles. The van der Waals surface area contributed by atoms with Crippen molar-refractivity contribution in [1.29, 1.82) is 5.26 Å². The molecule has 0 aromatic heterocycles. The summed E-state index contributed by atoms with van der Waals surface area (Å²) in [6.07, 6.45) is 0.438. The van der Waals surface area contributed by atoms with Crippen LogP contribution in [0, 0.1) is 14.9 Å². The third kappa shape index (κ3) is 8.89. The summed E-state index contributed by atoms with van der Waals surface area (Å²) < 4.78 is 42.7. The van der Waals surface area contributed by atoms with Crippen molar-refractivity contribution in [3.8, 4) is 29.1 Å². The van der Waals surface area contributed by atoms with Gasteiger partial charge in [0.2, 0.25) is 0 Å². The Morgan fingerprint density at radius 1 is 0.708 bits per heavy atom. The van der Waals surface area contributed by atoms with E-state index in [0.29, 0.717) is 42.6 Å². The fourth-order valence-electron chi connectivity index (χ4n) is 5.79. The molecule has 48 heavy (non-hydrogen) atoms. The summed E-state index contributed by atoms with van der Waals surface area (Å²) in [6, 6.07) is 30.9. The Bertz CT molecular complexity index is 1620. The molecular formula is C38H44INO7Si. The van der Waals surface area contributed by atoms with E-state index < -0.39 is 8.32 Å². The predicted molar refractivity (Wildman–Crippen MR) is 198 cm³/mol. The highest BCUT2D eigenvalue weighted by molar-refractivity contribution is 14.1. The van der Waals surface area contributed by atoms with Gasteiger partial charge in [-0.25, -0.2) is 0 Å². The van der Waals surface area contributed by atoms with Crippen LogP contribution in [-0.4, -0.2) is 56.3 Å². The predicted octanol–water partition coefficient (Wildman–Crippen LogP) is 6.88. The molecule has 0 aliphatic heterocycles. The summed E-state index contributed by atoms with van der Waals surface area (Å²) in [5.74, 6) is 2.62. The fraction of sp³-hybridized carbons (Fsp3) is 0.342. The molecule has 0 saturated carbocycles. The summed E-state index contributed by atoms with van der Waals surface area (Å²) in [5.41, 5.74) is 2.54. The Kier molecular flexibility index (Phi) is 13.7. The van der Waals surface area contributed by atoms with E-state index in [4.69, 9.17) is 32.8 Å². The van der Waals surface area contributed by atoms with Gasteiger partial charge in [-0.3, -0.25) is 0 Å². The highest BCUT2D eigenvalue weighted by atomic mass is 127. The van der Waals surface area contributed by atoms with Crippen LogP contribution in [0.3, 0.4) is 0 Å². The van der Waals surface area contributed by atoms with Gasteiger partial charge in [0, 0.05) is 30.2 Å². The molecule has 0 atom stereocenters. The van der Waals surface area contributed by atoms with Crippen molar-refractivity contribution in [3.05, 3.63) is 105 Å². The van der Waals surface area contributed by atoms with E-state index in [1.54, 1.807) is 21.3 Å². The molecule has 0 fully saturated rings. The lowest BCUT2D eigenvalue weighted by atomic mass is 10.0. The van der Waals surface area contributed by atoms with Crippen LogP contribution in [0.25, 0.3) is 0 Å². The molecule has 0 unspecified atom stereocenters. The number of hydrogen-bond acceptors (Lipinski definition) is 8. The van der Waals surface area contributed by atoms with Crippen LogP contribution < -0.4 is 29.3 Å². The van der Waals surface area contributed by atoms with Crippen molar-refractivity contribution in [3.63, 3.8) is 0 Å². The van der Waals surface area contributed by atoms with Crippen molar-refractivity contribution in [1.82, 2.24) is 0 Å². The monoisotopic (exact) mass is 781 g/mol. The molecule has 0 bridgehead atoms. The zero-order valence-corrected chi connectivity index (χ0v) is 31.7. The average molecular weight is 782 g/mol. The normalized spacial score (nSPS) is 11.5. The van der Waals surface area contributed by atoms with E-state index in [1.807, 2.05) is 36.4 Å². The molecule has 254 valence electrons. The van der Waals surface area contributed by atoms with Gasteiger partial charge in [-0.05, 0) is 62.3 Å². The first kappa shape index (κ1) is 37.2. The van der Waals surface area contributed by atoms with Gasteiger partial charge in [-0.1, -0.05) is 81.4 Å². The second-order valence-electron chi connectivity index (χ2n) is 12.1. The molecule has 4 rings (SSSR count). The third-order valence-corrected chi connectivity index (χ3v) is 13.9. The largest absolute Gasteiger partial charge is 0.496 e. The van der Waals surface area contributed by atoms with Crippen molar-refractivity contribution in [2.45, 2.75) is 38.8 Å². The van der Waals surface area contributed by atoms with E-state index in [-0.39, 0.29) is 25.0 Å². The lowest BCUT2D eigenvalue weighted by molar-refractivity contribution is -0.00927. The van der Waals surface area contributed by atoms with Gasteiger partial charge < -0.3 is 32.8 Å². The lowest BCUT2D eigenvalue weighted by Crippen LogP contribution is -2.66. The van der Waals surface area contributed by atoms with E-state index in [1.165, 1.54) is 10.4 Å². The van der Waals surface area contributed by atoms with Crippen LogP contribution in [0.15, 0.2) is 84.9 Å². The van der Waals surface area contributed by atoms with E-state index in [0.717, 1.165) is 20.3 Å². The number of halogens is 1. The number of hydrogen-bond donors (Lipinski definition) is 0. The van der Waals surface area contributed by atoms with Gasteiger partial charge in [-0.15, -0.1) is 0 Å². The summed E-state index contributed by atoms with van der Waals surface area (Å²) in [5, 5.41) is 11.4. The van der Waals surface area contributed by atoms with Crippen molar-refractivity contribution < 1.29 is 32.8 Å². The van der Waals surface area contributed by atoms with Crippen LogP contribution in [0.1, 0.15) is 37.5 Å². The summed E-state index contributed by atoms with van der Waals surface area (Å²) in [6.45, 7) is 7.87. The number of methoxy groups -OCH3 is 3. The van der Waals surface area contributed by atoms with E-state index >= 15 is 0 Å². The first-order chi connectivity index (χ1) is 23.2. The SMILES string of the molecule is COCCOCOc1cc(Cc2cc(OC)c(I)cc2OCC#N)c(OC)cc1CO[Si](c1ccccc1)(c1ccccc1)C(C)(C)C. The maximum absolute atomic E-state index is 9.20. The Hall–Kier alpha value is -3.60. The summed E-state index contributed by atoms with van der Waals surface area (Å²) in [4.78, 5) is 0. The van der Waals surface area contributed by atoms with Crippen molar-refractivity contribution >= 4 is 41.3 Å². The molecule has 10 heteroatoms. The topological polar surface area (TPSA) is 88.4 Å². The Labute approximate surface area is 299 Å². The molecule has 0 aliphatic carbocycles. The maximum atomic E-state index is 9.20. The van der Waals surface area contributed by atoms with Crippen LogP contribution in [-0.2, 0) is 26.9 Å². The Morgan fingerprint density at radius 3 is 1.83 bits per heavy atom. The zero-order chi connectivity index (χ0) is 34.6. The third-order valence-electron chi connectivity index (χ3n) is 8.06. The second-order valence-corrected chi connectivity index (χ2v) is 17.6. The highest BCUT2D eigenvalue weighted by Gasteiger charge is 2.50. The molecule has 0 heterocycles. The molecule has 4 aromatic rings. The Balaban J connectivity index is 1.79. The van der Waals surface area contributed by atoms with Crippen LogP contribution in [0.4, 0.5) is 0 Å². The maximum Gasteiger partial charge on any atom is 0.261 e. The van der Waals surface area contributed by atoms with Crippen LogP contribution >= 0.6 is 22.6 Å². The minimum absolute atomic E-state index is 0.0369. The standard InChI is InChI=1S/C38H44INO7Si/c1-38(2,3)48(31-13-9-7-10-14-31,32-15-11-8-12-16-32)47-26-30-24-34(42-5)28(22-35(30)46-27-44-20-19-41-4)21-29-23-37(43-6)33(39)25-36(29)45-18-17-40/h7-16,22-25H,18-21,26-27H2,1-6H3.